The number of ether oxygens (including phenoxy) is 1. The van der Waals surface area contributed by atoms with Gasteiger partial charge < -0.3 is 14.6 Å². The van der Waals surface area contributed by atoms with Gasteiger partial charge in [0.1, 0.15) is 6.61 Å². The second kappa shape index (κ2) is 4.53. The maximum absolute atomic E-state index is 11.8. The van der Waals surface area contributed by atoms with E-state index in [2.05, 4.69) is 6.58 Å². The molecule has 2 bridgehead atoms. The molecule has 1 saturated carbocycles. The summed E-state index contributed by atoms with van der Waals surface area (Å²) in [4.78, 5) is 22.9. The first-order valence-electron chi connectivity index (χ1n) is 5.40. The van der Waals surface area contributed by atoms with Crippen molar-refractivity contribution >= 4 is 23.5 Å². The van der Waals surface area contributed by atoms with Crippen LogP contribution in [0.4, 0.5) is 0 Å². The minimum atomic E-state index is -1.19. The summed E-state index contributed by atoms with van der Waals surface area (Å²) in [5.74, 6) is -3.31. The first-order valence-corrected chi connectivity index (χ1v) is 5.77. The van der Waals surface area contributed by atoms with Gasteiger partial charge in [-0.25, -0.2) is 0 Å². The number of carbonyl (C=O) groups is 2. The summed E-state index contributed by atoms with van der Waals surface area (Å²) < 4.78 is 4.92. The van der Waals surface area contributed by atoms with E-state index < -0.39 is 23.8 Å². The van der Waals surface area contributed by atoms with Crippen LogP contribution in [-0.4, -0.2) is 18.5 Å². The van der Waals surface area contributed by atoms with Gasteiger partial charge in [-0.3, -0.25) is 4.79 Å². The predicted molar refractivity (Wildman–Crippen MR) is 58.7 cm³/mol. The van der Waals surface area contributed by atoms with Crippen molar-refractivity contribution in [2.24, 2.45) is 23.7 Å². The molecule has 0 aromatic rings. The van der Waals surface area contributed by atoms with Gasteiger partial charge in [-0.1, -0.05) is 30.3 Å². The molecular weight excluding hydrogens is 244 g/mol. The van der Waals surface area contributed by atoms with E-state index in [-0.39, 0.29) is 23.5 Å². The molecule has 0 heterocycles. The number of halogens is 1. The van der Waals surface area contributed by atoms with E-state index in [1.54, 1.807) is 0 Å². The molecule has 2 rings (SSSR count). The van der Waals surface area contributed by atoms with Gasteiger partial charge >= 0.3 is 5.97 Å². The molecule has 17 heavy (non-hydrogen) atoms. The molecule has 0 amide bonds. The summed E-state index contributed by atoms with van der Waals surface area (Å²) in [7, 11) is 0. The summed E-state index contributed by atoms with van der Waals surface area (Å²) in [6.07, 6.45) is 4.40. The van der Waals surface area contributed by atoms with Crippen molar-refractivity contribution in [1.29, 1.82) is 0 Å². The van der Waals surface area contributed by atoms with Gasteiger partial charge in [0.25, 0.3) is 0 Å². The van der Waals surface area contributed by atoms with Crippen molar-refractivity contribution < 1.29 is 19.4 Å². The monoisotopic (exact) mass is 255 g/mol. The molecule has 4 atom stereocenters. The fraction of sp³-hybridized carbons (Fsp3) is 0.500. The minimum absolute atomic E-state index is 0.0565. The Morgan fingerprint density at radius 2 is 1.94 bits per heavy atom. The van der Waals surface area contributed by atoms with Crippen LogP contribution in [0, 0.1) is 23.7 Å². The van der Waals surface area contributed by atoms with Gasteiger partial charge in [-0.05, 0) is 18.3 Å². The molecule has 2 aliphatic rings. The Balaban J connectivity index is 2.08. The smallest absolute Gasteiger partial charge is 0.310 e. The Morgan fingerprint density at radius 1 is 1.35 bits per heavy atom. The Labute approximate surface area is 104 Å². The van der Waals surface area contributed by atoms with Crippen LogP contribution < -0.4 is 5.11 Å². The highest BCUT2D eigenvalue weighted by Gasteiger charge is 2.49. The highest BCUT2D eigenvalue weighted by molar-refractivity contribution is 6.29. The Hall–Kier alpha value is -1.29. The number of rotatable bonds is 4. The summed E-state index contributed by atoms with van der Waals surface area (Å²) in [6.45, 7) is 3.32. The molecular formula is C12H12ClO4-. The van der Waals surface area contributed by atoms with Crippen LogP contribution in [0.2, 0.25) is 0 Å². The van der Waals surface area contributed by atoms with E-state index in [0.717, 1.165) is 0 Å². The van der Waals surface area contributed by atoms with Crippen LogP contribution in [0.25, 0.3) is 0 Å². The molecule has 0 unspecified atom stereocenters. The number of fused-ring (bicyclic) bond motifs is 2. The van der Waals surface area contributed by atoms with E-state index in [1.807, 2.05) is 12.2 Å². The lowest BCUT2D eigenvalue weighted by Gasteiger charge is -2.26. The molecule has 0 aromatic carbocycles. The van der Waals surface area contributed by atoms with E-state index in [1.165, 1.54) is 0 Å². The number of carboxylic acid groups (broad SMARTS) is 1. The molecule has 2 aliphatic carbocycles. The number of hydrogen-bond donors (Lipinski definition) is 0. The highest BCUT2D eigenvalue weighted by Crippen LogP contribution is 2.48. The van der Waals surface area contributed by atoms with Crippen molar-refractivity contribution in [3.63, 3.8) is 0 Å². The number of carbonyl (C=O) groups excluding carboxylic acids is 2. The first kappa shape index (κ1) is 12.2. The molecule has 0 radical (unpaired) electrons. The van der Waals surface area contributed by atoms with E-state index in [4.69, 9.17) is 16.3 Å². The zero-order valence-corrected chi connectivity index (χ0v) is 9.85. The number of allylic oxidation sites excluding steroid dienone is 2. The average molecular weight is 256 g/mol. The highest BCUT2D eigenvalue weighted by atomic mass is 35.5. The van der Waals surface area contributed by atoms with Crippen LogP contribution in [0.1, 0.15) is 6.42 Å². The van der Waals surface area contributed by atoms with Gasteiger partial charge in [0.15, 0.2) is 0 Å². The van der Waals surface area contributed by atoms with Crippen LogP contribution in [0.3, 0.4) is 0 Å². The van der Waals surface area contributed by atoms with Crippen molar-refractivity contribution in [3.05, 3.63) is 23.8 Å². The largest absolute Gasteiger partial charge is 0.550 e. The molecule has 92 valence electrons. The van der Waals surface area contributed by atoms with Crippen molar-refractivity contribution in [1.82, 2.24) is 0 Å². The molecule has 0 spiro atoms. The molecule has 0 aliphatic heterocycles. The maximum atomic E-state index is 11.8. The average Bonchev–Trinajstić information content (AvgIpc) is 2.84. The number of hydrogen-bond acceptors (Lipinski definition) is 4. The molecule has 0 saturated heterocycles. The third-order valence-electron chi connectivity index (χ3n) is 3.37. The minimum Gasteiger partial charge on any atom is -0.550 e. The SMILES string of the molecule is C=C(Cl)COC(=O)[C@@H]1[C@H](C(=O)[O-])[C@H]2C=C[C@H]1C2. The van der Waals surface area contributed by atoms with Gasteiger partial charge in [0, 0.05) is 16.9 Å². The first-order chi connectivity index (χ1) is 8.00. The fourth-order valence-electron chi connectivity index (χ4n) is 2.71. The molecule has 0 aromatic heterocycles. The third-order valence-corrected chi connectivity index (χ3v) is 3.48. The Bertz CT molecular complexity index is 401. The molecule has 0 N–H and O–H groups in total. The van der Waals surface area contributed by atoms with Crippen molar-refractivity contribution in [2.75, 3.05) is 6.61 Å². The van der Waals surface area contributed by atoms with Crippen LogP contribution >= 0.6 is 11.6 Å². The van der Waals surface area contributed by atoms with Gasteiger partial charge in [0.05, 0.1) is 5.92 Å². The summed E-state index contributed by atoms with van der Waals surface area (Å²) in [5, 5.41) is 11.3. The fourth-order valence-corrected chi connectivity index (χ4v) is 2.77. The lowest BCUT2D eigenvalue weighted by molar-refractivity contribution is -0.314. The maximum Gasteiger partial charge on any atom is 0.310 e. The van der Waals surface area contributed by atoms with E-state index >= 15 is 0 Å². The summed E-state index contributed by atoms with van der Waals surface area (Å²) in [6, 6.07) is 0. The predicted octanol–water partition coefficient (Wildman–Crippen LogP) is 0.470. The second-order valence-electron chi connectivity index (χ2n) is 4.44. The van der Waals surface area contributed by atoms with Crippen LogP contribution in [-0.2, 0) is 14.3 Å². The van der Waals surface area contributed by atoms with Gasteiger partial charge in [0.2, 0.25) is 0 Å². The Kier molecular flexibility index (Phi) is 3.24. The number of aliphatic carboxylic acids is 1. The zero-order valence-electron chi connectivity index (χ0n) is 9.10. The summed E-state index contributed by atoms with van der Waals surface area (Å²) in [5.41, 5.74) is 0. The van der Waals surface area contributed by atoms with Gasteiger partial charge in [-0.2, -0.15) is 0 Å². The summed E-state index contributed by atoms with van der Waals surface area (Å²) >= 11 is 5.49. The van der Waals surface area contributed by atoms with Crippen LogP contribution in [0.5, 0.6) is 0 Å². The molecule has 1 fully saturated rings. The normalized spacial score (nSPS) is 33.7. The van der Waals surface area contributed by atoms with Crippen molar-refractivity contribution in [3.8, 4) is 0 Å². The third kappa shape index (κ3) is 2.22. The topological polar surface area (TPSA) is 66.4 Å². The zero-order chi connectivity index (χ0) is 12.6. The second-order valence-corrected chi connectivity index (χ2v) is 4.98. The van der Waals surface area contributed by atoms with E-state index in [0.29, 0.717) is 6.42 Å². The standard InChI is InChI=1S/C12H13ClO4/c1-6(13)5-17-12(16)10-8-3-2-7(4-8)9(10)11(14)15/h2-3,7-10H,1,4-5H2,(H,14,15)/p-1/t7-,8-,9+,10-/m0/s1. The van der Waals surface area contributed by atoms with Crippen LogP contribution in [0.15, 0.2) is 23.8 Å². The Morgan fingerprint density at radius 3 is 2.47 bits per heavy atom. The lowest BCUT2D eigenvalue weighted by atomic mass is 9.83. The number of esters is 1. The lowest BCUT2D eigenvalue weighted by Crippen LogP contribution is -2.41. The van der Waals surface area contributed by atoms with Gasteiger partial charge in [-0.15, -0.1) is 0 Å². The van der Waals surface area contributed by atoms with E-state index in [9.17, 15) is 14.7 Å². The molecule has 5 heteroatoms. The van der Waals surface area contributed by atoms with Crippen molar-refractivity contribution in [2.45, 2.75) is 6.42 Å². The number of carboxylic acids is 1. The quantitative estimate of drug-likeness (QED) is 0.541. The molecule has 4 nitrogen and oxygen atoms in total.